The number of thiocarbonyl (C=S) groups is 1. The summed E-state index contributed by atoms with van der Waals surface area (Å²) in [6.45, 7) is 0. The zero-order chi connectivity index (χ0) is 17.5. The molecule has 1 heterocycles. The van der Waals surface area contributed by atoms with Gasteiger partial charge in [0.2, 0.25) is 0 Å². The lowest BCUT2D eigenvalue weighted by molar-refractivity contribution is 0.632. The normalized spacial score (nSPS) is 11.0. The number of hydrogen-bond acceptors (Lipinski definition) is 3. The molecule has 0 aliphatic carbocycles. The summed E-state index contributed by atoms with van der Waals surface area (Å²) in [5, 5.41) is 7.34. The molecule has 0 atom stereocenters. The van der Waals surface area contributed by atoms with Crippen LogP contribution in [0, 0.1) is 5.82 Å². The summed E-state index contributed by atoms with van der Waals surface area (Å²) in [5.74, 6) is -0.386. The van der Waals surface area contributed by atoms with Gasteiger partial charge in [-0.2, -0.15) is 5.10 Å². The molecule has 2 aromatic carbocycles. The zero-order valence-electron chi connectivity index (χ0n) is 13.2. The average Bonchev–Trinajstić information content (AvgIpc) is 2.66. The van der Waals surface area contributed by atoms with Gasteiger partial charge in [0.25, 0.3) is 0 Å². The molecule has 0 saturated heterocycles. The van der Waals surface area contributed by atoms with Crippen LogP contribution in [0.5, 0.6) is 0 Å². The second-order valence-electron chi connectivity index (χ2n) is 5.09. The van der Waals surface area contributed by atoms with Crippen LogP contribution in [0.25, 0.3) is 0 Å². The van der Waals surface area contributed by atoms with E-state index in [0.717, 1.165) is 5.56 Å². The van der Waals surface area contributed by atoms with E-state index in [0.29, 0.717) is 11.4 Å². The third-order valence-electron chi connectivity index (χ3n) is 3.35. The Morgan fingerprint density at radius 2 is 1.64 bits per heavy atom. The predicted molar refractivity (Wildman–Crippen MR) is 102 cm³/mol. The van der Waals surface area contributed by atoms with Crippen molar-refractivity contribution in [1.82, 2.24) is 10.4 Å². The van der Waals surface area contributed by atoms with Crippen LogP contribution in [0.1, 0.15) is 11.3 Å². The zero-order valence-corrected chi connectivity index (χ0v) is 14.0. The van der Waals surface area contributed by atoms with Gasteiger partial charge in [0.15, 0.2) is 5.11 Å². The number of aromatic nitrogens is 1. The number of hydrogen-bond donors (Lipinski definition) is 2. The molecule has 25 heavy (non-hydrogen) atoms. The van der Waals surface area contributed by atoms with Crippen LogP contribution < -0.4 is 10.7 Å². The molecular weight excluding hydrogens is 335 g/mol. The molecule has 0 saturated carbocycles. The summed E-state index contributed by atoms with van der Waals surface area (Å²) in [6.07, 6.45) is 1.70. The summed E-state index contributed by atoms with van der Waals surface area (Å²) >= 11 is 5.20. The SMILES string of the molecule is Fc1ccccc1NC(=S)N/N=C(\c1ccccc1)c1ccccn1. The minimum absolute atomic E-state index is 0.189. The van der Waals surface area contributed by atoms with Crippen LogP contribution in [0.2, 0.25) is 0 Å². The van der Waals surface area contributed by atoms with Gasteiger partial charge in [-0.25, -0.2) is 4.39 Å². The van der Waals surface area contributed by atoms with Crippen molar-refractivity contribution >= 4 is 28.7 Å². The van der Waals surface area contributed by atoms with Crippen molar-refractivity contribution in [2.24, 2.45) is 5.10 Å². The topological polar surface area (TPSA) is 49.3 Å². The molecule has 0 amide bonds. The molecule has 124 valence electrons. The van der Waals surface area contributed by atoms with Crippen molar-refractivity contribution in [3.05, 3.63) is 96.1 Å². The van der Waals surface area contributed by atoms with E-state index in [-0.39, 0.29) is 16.6 Å². The molecule has 4 nitrogen and oxygen atoms in total. The van der Waals surface area contributed by atoms with E-state index < -0.39 is 0 Å². The van der Waals surface area contributed by atoms with Gasteiger partial charge in [0.1, 0.15) is 11.5 Å². The molecule has 6 heteroatoms. The van der Waals surface area contributed by atoms with Crippen molar-refractivity contribution in [3.8, 4) is 0 Å². The minimum atomic E-state index is -0.386. The molecule has 3 rings (SSSR count). The van der Waals surface area contributed by atoms with Gasteiger partial charge in [-0.15, -0.1) is 0 Å². The van der Waals surface area contributed by atoms with Gasteiger partial charge in [0.05, 0.1) is 11.4 Å². The number of anilines is 1. The van der Waals surface area contributed by atoms with E-state index in [1.807, 2.05) is 48.5 Å². The largest absolute Gasteiger partial charge is 0.329 e. The molecule has 0 radical (unpaired) electrons. The molecule has 0 aliphatic rings. The number of benzene rings is 2. The second kappa shape index (κ2) is 8.12. The quantitative estimate of drug-likeness (QED) is 0.425. The van der Waals surface area contributed by atoms with E-state index in [1.54, 1.807) is 24.4 Å². The lowest BCUT2D eigenvalue weighted by Gasteiger charge is -2.10. The van der Waals surface area contributed by atoms with Crippen LogP contribution >= 0.6 is 12.2 Å². The smallest absolute Gasteiger partial charge is 0.191 e. The fourth-order valence-corrected chi connectivity index (χ4v) is 2.34. The van der Waals surface area contributed by atoms with Crippen LogP contribution in [-0.4, -0.2) is 15.8 Å². The average molecular weight is 350 g/mol. The number of para-hydroxylation sites is 1. The van der Waals surface area contributed by atoms with Gasteiger partial charge in [0, 0.05) is 11.8 Å². The van der Waals surface area contributed by atoms with Gasteiger partial charge < -0.3 is 5.32 Å². The summed E-state index contributed by atoms with van der Waals surface area (Å²) in [6, 6.07) is 21.5. The van der Waals surface area contributed by atoms with Gasteiger partial charge in [-0.3, -0.25) is 10.4 Å². The Hall–Kier alpha value is -3.12. The van der Waals surface area contributed by atoms with E-state index in [1.165, 1.54) is 6.07 Å². The first-order valence-corrected chi connectivity index (χ1v) is 8.01. The van der Waals surface area contributed by atoms with Crippen molar-refractivity contribution in [1.29, 1.82) is 0 Å². The van der Waals surface area contributed by atoms with Crippen molar-refractivity contribution in [3.63, 3.8) is 0 Å². The Balaban J connectivity index is 1.82. The third-order valence-corrected chi connectivity index (χ3v) is 3.54. The Morgan fingerprint density at radius 3 is 2.36 bits per heavy atom. The highest BCUT2D eigenvalue weighted by Gasteiger charge is 2.09. The fraction of sp³-hybridized carbons (Fsp3) is 0. The van der Waals surface area contributed by atoms with Crippen molar-refractivity contribution < 1.29 is 4.39 Å². The maximum atomic E-state index is 13.7. The van der Waals surface area contributed by atoms with Gasteiger partial charge in [-0.1, -0.05) is 48.5 Å². The van der Waals surface area contributed by atoms with Crippen LogP contribution in [0.4, 0.5) is 10.1 Å². The number of nitrogens with zero attached hydrogens (tertiary/aromatic N) is 2. The number of nitrogens with one attached hydrogen (secondary N) is 2. The highest BCUT2D eigenvalue weighted by atomic mass is 32.1. The first-order chi connectivity index (χ1) is 12.2. The highest BCUT2D eigenvalue weighted by molar-refractivity contribution is 7.80. The fourth-order valence-electron chi connectivity index (χ4n) is 2.19. The van der Waals surface area contributed by atoms with E-state index in [4.69, 9.17) is 12.2 Å². The van der Waals surface area contributed by atoms with Crippen LogP contribution in [-0.2, 0) is 0 Å². The lowest BCUT2D eigenvalue weighted by Crippen LogP contribution is -2.26. The Labute approximate surface area is 150 Å². The number of pyridine rings is 1. The highest BCUT2D eigenvalue weighted by Crippen LogP contribution is 2.12. The molecule has 1 aromatic heterocycles. The van der Waals surface area contributed by atoms with E-state index in [9.17, 15) is 4.39 Å². The molecule has 0 bridgehead atoms. The first-order valence-electron chi connectivity index (χ1n) is 7.60. The third kappa shape index (κ3) is 4.45. The van der Waals surface area contributed by atoms with Crippen LogP contribution in [0.3, 0.4) is 0 Å². The van der Waals surface area contributed by atoms with Gasteiger partial charge >= 0.3 is 0 Å². The predicted octanol–water partition coefficient (Wildman–Crippen LogP) is 3.96. The lowest BCUT2D eigenvalue weighted by atomic mass is 10.1. The monoisotopic (exact) mass is 350 g/mol. The summed E-state index contributed by atoms with van der Waals surface area (Å²) < 4.78 is 13.7. The van der Waals surface area contributed by atoms with Crippen molar-refractivity contribution in [2.45, 2.75) is 0 Å². The summed E-state index contributed by atoms with van der Waals surface area (Å²) in [7, 11) is 0. The maximum absolute atomic E-state index is 13.7. The molecule has 0 unspecified atom stereocenters. The molecule has 0 aliphatic heterocycles. The number of rotatable bonds is 4. The standard InChI is InChI=1S/C19H15FN4S/c20-15-10-4-5-11-16(15)22-19(25)24-23-18(14-8-2-1-3-9-14)17-12-6-7-13-21-17/h1-13H,(H2,22,24,25)/b23-18+. The van der Waals surface area contributed by atoms with E-state index in [2.05, 4.69) is 20.8 Å². The molecule has 0 spiro atoms. The summed E-state index contributed by atoms with van der Waals surface area (Å²) in [5.41, 5.74) is 5.28. The van der Waals surface area contributed by atoms with Gasteiger partial charge in [-0.05, 0) is 36.5 Å². The Bertz CT molecular complexity index is 841. The Morgan fingerprint density at radius 1 is 0.920 bits per heavy atom. The molecule has 0 fully saturated rings. The number of hydrazone groups is 1. The second-order valence-corrected chi connectivity index (χ2v) is 5.50. The minimum Gasteiger partial charge on any atom is -0.329 e. The van der Waals surface area contributed by atoms with Crippen LogP contribution in [0.15, 0.2) is 84.1 Å². The molecular formula is C19H15FN4S. The Kier molecular flexibility index (Phi) is 5.43. The molecule has 2 N–H and O–H groups in total. The summed E-state index contributed by atoms with van der Waals surface area (Å²) in [4.78, 5) is 4.34. The maximum Gasteiger partial charge on any atom is 0.191 e. The van der Waals surface area contributed by atoms with Crippen molar-refractivity contribution in [2.75, 3.05) is 5.32 Å². The van der Waals surface area contributed by atoms with E-state index >= 15 is 0 Å². The molecule has 3 aromatic rings. The first kappa shape index (κ1) is 16.7. The number of halogens is 1.